The van der Waals surface area contributed by atoms with Crippen LogP contribution in [0.15, 0.2) is 35.3 Å². The molecular formula is C16H19N3O2S. The first kappa shape index (κ1) is 16.0. The molecule has 2 rings (SSSR count). The molecule has 2 aromatic rings. The molecule has 0 amide bonds. The van der Waals surface area contributed by atoms with Crippen molar-refractivity contribution in [3.05, 3.63) is 47.0 Å². The van der Waals surface area contributed by atoms with Crippen LogP contribution in [-0.2, 0) is 6.42 Å². The Morgan fingerprint density at radius 2 is 2.18 bits per heavy atom. The van der Waals surface area contributed by atoms with Crippen LogP contribution < -0.4 is 14.9 Å². The second kappa shape index (κ2) is 7.61. The Balaban J connectivity index is 2.22. The molecule has 1 aromatic carbocycles. The molecule has 1 aromatic heterocycles. The molecule has 1 N–H and O–H groups in total. The molecule has 0 atom stereocenters. The van der Waals surface area contributed by atoms with Crippen molar-refractivity contribution in [3.8, 4) is 11.5 Å². The van der Waals surface area contributed by atoms with E-state index < -0.39 is 0 Å². The molecule has 0 aliphatic heterocycles. The van der Waals surface area contributed by atoms with E-state index in [1.54, 1.807) is 20.4 Å². The Hall–Kier alpha value is -2.34. The van der Waals surface area contributed by atoms with Crippen LogP contribution in [0.4, 0.5) is 5.13 Å². The summed E-state index contributed by atoms with van der Waals surface area (Å²) in [5.41, 5.74) is 5.81. The molecule has 0 saturated heterocycles. The van der Waals surface area contributed by atoms with Gasteiger partial charge in [-0.3, -0.25) is 5.43 Å². The van der Waals surface area contributed by atoms with Crippen LogP contribution in [0.3, 0.4) is 0 Å². The lowest BCUT2D eigenvalue weighted by Crippen LogP contribution is -1.98. The van der Waals surface area contributed by atoms with Gasteiger partial charge in [-0.15, -0.1) is 17.9 Å². The lowest BCUT2D eigenvalue weighted by atomic mass is 10.1. The first-order valence-corrected chi connectivity index (χ1v) is 7.63. The average molecular weight is 317 g/mol. The Kier molecular flexibility index (Phi) is 5.55. The molecule has 0 aliphatic carbocycles. The Bertz CT molecular complexity index is 680. The fourth-order valence-electron chi connectivity index (χ4n) is 2.02. The van der Waals surface area contributed by atoms with Crippen molar-refractivity contribution >= 4 is 22.7 Å². The van der Waals surface area contributed by atoms with Gasteiger partial charge in [0.1, 0.15) is 0 Å². The monoisotopic (exact) mass is 317 g/mol. The maximum Gasteiger partial charge on any atom is 0.203 e. The Morgan fingerprint density at radius 1 is 1.36 bits per heavy atom. The van der Waals surface area contributed by atoms with E-state index in [0.29, 0.717) is 12.2 Å². The lowest BCUT2D eigenvalue weighted by Gasteiger charge is -2.12. The number of hydrogen-bond donors (Lipinski definition) is 1. The molecule has 0 unspecified atom stereocenters. The molecule has 0 aliphatic rings. The number of benzene rings is 1. The van der Waals surface area contributed by atoms with E-state index in [2.05, 4.69) is 22.1 Å². The van der Waals surface area contributed by atoms with Crippen LogP contribution >= 0.6 is 11.3 Å². The third-order valence-electron chi connectivity index (χ3n) is 2.94. The van der Waals surface area contributed by atoms with Gasteiger partial charge in [0.05, 0.1) is 26.1 Å². The molecule has 5 nitrogen and oxygen atoms in total. The molecule has 0 saturated carbocycles. The van der Waals surface area contributed by atoms with Gasteiger partial charge in [-0.25, -0.2) is 4.98 Å². The number of aromatic nitrogens is 1. The van der Waals surface area contributed by atoms with Crippen LogP contribution in [0.25, 0.3) is 0 Å². The van der Waals surface area contributed by atoms with Gasteiger partial charge in [0, 0.05) is 10.9 Å². The summed E-state index contributed by atoms with van der Waals surface area (Å²) < 4.78 is 10.8. The smallest absolute Gasteiger partial charge is 0.203 e. The zero-order valence-electron chi connectivity index (χ0n) is 12.9. The topological polar surface area (TPSA) is 55.7 Å². The van der Waals surface area contributed by atoms with Crippen molar-refractivity contribution in [2.24, 2.45) is 5.10 Å². The highest BCUT2D eigenvalue weighted by atomic mass is 32.1. The number of nitrogens with zero attached hydrogens (tertiary/aromatic N) is 2. The summed E-state index contributed by atoms with van der Waals surface area (Å²) in [7, 11) is 3.25. The summed E-state index contributed by atoms with van der Waals surface area (Å²) in [4.78, 5) is 4.29. The lowest BCUT2D eigenvalue weighted by molar-refractivity contribution is 0.352. The molecule has 0 radical (unpaired) electrons. The van der Waals surface area contributed by atoms with Crippen molar-refractivity contribution in [1.82, 2.24) is 4.98 Å². The summed E-state index contributed by atoms with van der Waals surface area (Å²) in [5, 5.41) is 6.94. The molecule has 0 bridgehead atoms. The van der Waals surface area contributed by atoms with Crippen molar-refractivity contribution in [1.29, 1.82) is 0 Å². The highest BCUT2D eigenvalue weighted by Gasteiger charge is 2.10. The molecule has 22 heavy (non-hydrogen) atoms. The van der Waals surface area contributed by atoms with Crippen molar-refractivity contribution in [3.63, 3.8) is 0 Å². The zero-order valence-corrected chi connectivity index (χ0v) is 13.7. The van der Waals surface area contributed by atoms with E-state index in [0.717, 1.165) is 27.7 Å². The van der Waals surface area contributed by atoms with Gasteiger partial charge in [0.25, 0.3) is 0 Å². The Labute approximate surface area is 134 Å². The van der Waals surface area contributed by atoms with Crippen LogP contribution in [0, 0.1) is 6.92 Å². The van der Waals surface area contributed by atoms with Gasteiger partial charge in [0.15, 0.2) is 11.5 Å². The van der Waals surface area contributed by atoms with E-state index in [-0.39, 0.29) is 0 Å². The molecule has 116 valence electrons. The first-order valence-electron chi connectivity index (χ1n) is 6.75. The fourth-order valence-corrected chi connectivity index (χ4v) is 2.65. The Morgan fingerprint density at radius 3 is 2.77 bits per heavy atom. The standard InChI is InChI=1S/C16H19N3O2S/c1-5-6-13-7-12(8-14(20-3)15(13)21-4)9-17-19-16-18-11(2)10-22-16/h5,7-10H,1,6H2,2-4H3,(H,18,19). The first-order chi connectivity index (χ1) is 10.7. The molecule has 6 heteroatoms. The summed E-state index contributed by atoms with van der Waals surface area (Å²) >= 11 is 1.52. The normalized spacial score (nSPS) is 10.7. The van der Waals surface area contributed by atoms with E-state index in [9.17, 15) is 0 Å². The van der Waals surface area contributed by atoms with E-state index >= 15 is 0 Å². The molecule has 0 spiro atoms. The minimum Gasteiger partial charge on any atom is -0.493 e. The van der Waals surface area contributed by atoms with Gasteiger partial charge >= 0.3 is 0 Å². The van der Waals surface area contributed by atoms with Crippen LogP contribution in [0.5, 0.6) is 11.5 Å². The number of aryl methyl sites for hydroxylation is 1. The molecule has 1 heterocycles. The van der Waals surface area contributed by atoms with Crippen LogP contribution in [0.1, 0.15) is 16.8 Å². The molecule has 0 fully saturated rings. The number of methoxy groups -OCH3 is 2. The van der Waals surface area contributed by atoms with Gasteiger partial charge in [-0.2, -0.15) is 5.10 Å². The van der Waals surface area contributed by atoms with Crippen molar-refractivity contribution in [2.75, 3.05) is 19.6 Å². The number of allylic oxidation sites excluding steroid dienone is 1. The van der Waals surface area contributed by atoms with E-state index in [1.165, 1.54) is 11.3 Å². The minimum absolute atomic E-state index is 0.674. The number of ether oxygens (including phenoxy) is 2. The molecular weight excluding hydrogens is 298 g/mol. The second-order valence-corrected chi connectivity index (χ2v) is 5.43. The van der Waals surface area contributed by atoms with Gasteiger partial charge in [0.2, 0.25) is 5.13 Å². The fraction of sp³-hybridized carbons (Fsp3) is 0.250. The third kappa shape index (κ3) is 3.85. The predicted molar refractivity (Wildman–Crippen MR) is 91.5 cm³/mol. The van der Waals surface area contributed by atoms with Gasteiger partial charge in [-0.05, 0) is 31.0 Å². The SMILES string of the molecule is C=CCc1cc(C=NNc2nc(C)cs2)cc(OC)c1OC. The summed E-state index contributed by atoms with van der Waals surface area (Å²) in [6, 6.07) is 3.88. The number of hydrogen-bond acceptors (Lipinski definition) is 6. The predicted octanol–water partition coefficient (Wildman–Crippen LogP) is 3.64. The minimum atomic E-state index is 0.674. The quantitative estimate of drug-likeness (QED) is 0.481. The average Bonchev–Trinajstić information content (AvgIpc) is 2.92. The third-order valence-corrected chi connectivity index (χ3v) is 3.80. The van der Waals surface area contributed by atoms with E-state index in [1.807, 2.05) is 30.5 Å². The van der Waals surface area contributed by atoms with Gasteiger partial charge in [-0.1, -0.05) is 6.08 Å². The highest BCUT2D eigenvalue weighted by molar-refractivity contribution is 7.13. The maximum absolute atomic E-state index is 5.41. The van der Waals surface area contributed by atoms with Crippen molar-refractivity contribution < 1.29 is 9.47 Å². The highest BCUT2D eigenvalue weighted by Crippen LogP contribution is 2.32. The second-order valence-electron chi connectivity index (χ2n) is 4.57. The van der Waals surface area contributed by atoms with Crippen LogP contribution in [0.2, 0.25) is 0 Å². The summed E-state index contributed by atoms with van der Waals surface area (Å²) in [6.07, 6.45) is 4.25. The number of hydrazone groups is 1. The summed E-state index contributed by atoms with van der Waals surface area (Å²) in [5.74, 6) is 1.40. The zero-order chi connectivity index (χ0) is 15.9. The van der Waals surface area contributed by atoms with E-state index in [4.69, 9.17) is 9.47 Å². The number of rotatable bonds is 7. The summed E-state index contributed by atoms with van der Waals surface area (Å²) in [6.45, 7) is 5.72. The number of thiazole rings is 1. The van der Waals surface area contributed by atoms with Crippen molar-refractivity contribution in [2.45, 2.75) is 13.3 Å². The number of nitrogens with one attached hydrogen (secondary N) is 1. The van der Waals surface area contributed by atoms with Gasteiger partial charge < -0.3 is 9.47 Å². The number of anilines is 1. The largest absolute Gasteiger partial charge is 0.493 e. The van der Waals surface area contributed by atoms with Crippen LogP contribution in [-0.4, -0.2) is 25.4 Å². The maximum atomic E-state index is 5.41.